The first-order valence-corrected chi connectivity index (χ1v) is 6.88. The minimum absolute atomic E-state index is 0.401. The Morgan fingerprint density at radius 2 is 2.17 bits per heavy atom. The van der Waals surface area contributed by atoms with Crippen LogP contribution in [0, 0.1) is 13.8 Å². The van der Waals surface area contributed by atoms with Gasteiger partial charge in [0.2, 0.25) is 5.16 Å². The van der Waals surface area contributed by atoms with E-state index in [1.165, 1.54) is 22.4 Å². The van der Waals surface area contributed by atoms with Crippen LogP contribution in [0.3, 0.4) is 0 Å². The van der Waals surface area contributed by atoms with Crippen LogP contribution in [-0.4, -0.2) is 25.8 Å². The van der Waals surface area contributed by atoms with Gasteiger partial charge in [-0.25, -0.2) is 0 Å². The topological polar surface area (TPSA) is 43.1 Å². The van der Waals surface area contributed by atoms with E-state index in [0.717, 1.165) is 17.4 Å². The molecule has 18 heavy (non-hydrogen) atoms. The van der Waals surface area contributed by atoms with E-state index >= 15 is 0 Å². The summed E-state index contributed by atoms with van der Waals surface area (Å²) in [6, 6.07) is 6.63. The molecular weight excluding hydrogens is 244 g/mol. The second kappa shape index (κ2) is 3.45. The number of fused-ring (bicyclic) bond motifs is 4. The van der Waals surface area contributed by atoms with Crippen LogP contribution in [0.15, 0.2) is 28.5 Å². The normalized spacial score (nSPS) is 20.1. The summed E-state index contributed by atoms with van der Waals surface area (Å²) in [5.41, 5.74) is 5.15. The minimum Gasteiger partial charge on any atom is -0.191 e. The van der Waals surface area contributed by atoms with Crippen molar-refractivity contribution in [2.45, 2.75) is 30.7 Å². The van der Waals surface area contributed by atoms with Crippen LogP contribution < -0.4 is 0 Å². The van der Waals surface area contributed by atoms with Crippen molar-refractivity contribution in [2.24, 2.45) is 5.10 Å². The molecule has 90 valence electrons. The highest BCUT2D eigenvalue weighted by molar-refractivity contribution is 8.00. The molecule has 2 heterocycles. The van der Waals surface area contributed by atoms with E-state index in [1.807, 2.05) is 11.6 Å². The van der Waals surface area contributed by atoms with Crippen molar-refractivity contribution in [3.63, 3.8) is 0 Å². The quantitative estimate of drug-likeness (QED) is 0.725. The lowest BCUT2D eigenvalue weighted by Crippen LogP contribution is -2.20. The minimum atomic E-state index is 0.401. The smallest absolute Gasteiger partial charge is 0.191 e. The van der Waals surface area contributed by atoms with Gasteiger partial charge in [-0.05, 0) is 31.9 Å². The highest BCUT2D eigenvalue weighted by atomic mass is 32.2. The number of thioether (sulfide) groups is 1. The highest BCUT2D eigenvalue weighted by Gasteiger charge is 2.34. The number of nitrogens with zero attached hydrogens (tertiary/aromatic N) is 4. The maximum absolute atomic E-state index is 4.74. The predicted octanol–water partition coefficient (Wildman–Crippen LogP) is 2.18. The van der Waals surface area contributed by atoms with Crippen molar-refractivity contribution in [1.29, 1.82) is 0 Å². The van der Waals surface area contributed by atoms with Crippen molar-refractivity contribution < 1.29 is 0 Å². The number of hydrogen-bond acceptors (Lipinski definition) is 4. The Hall–Kier alpha value is -1.62. The van der Waals surface area contributed by atoms with Gasteiger partial charge in [-0.15, -0.1) is 10.2 Å². The first kappa shape index (κ1) is 10.3. The molecule has 1 atom stereocenters. The van der Waals surface area contributed by atoms with Gasteiger partial charge in [0.15, 0.2) is 5.82 Å². The van der Waals surface area contributed by atoms with Gasteiger partial charge >= 0.3 is 0 Å². The van der Waals surface area contributed by atoms with E-state index in [0.29, 0.717) is 5.25 Å². The Balaban J connectivity index is 1.92. The molecule has 0 saturated carbocycles. The van der Waals surface area contributed by atoms with Crippen molar-refractivity contribution in [3.05, 3.63) is 40.7 Å². The monoisotopic (exact) mass is 256 g/mol. The van der Waals surface area contributed by atoms with Crippen LogP contribution in [0.1, 0.15) is 22.5 Å². The zero-order chi connectivity index (χ0) is 12.3. The molecule has 2 aromatic rings. The average molecular weight is 256 g/mol. The van der Waals surface area contributed by atoms with Gasteiger partial charge in [-0.2, -0.15) is 9.78 Å². The van der Waals surface area contributed by atoms with Crippen molar-refractivity contribution in [2.75, 3.05) is 0 Å². The van der Waals surface area contributed by atoms with Crippen molar-refractivity contribution in [3.8, 4) is 0 Å². The number of benzene rings is 1. The van der Waals surface area contributed by atoms with E-state index in [2.05, 4.69) is 35.3 Å². The molecule has 4 rings (SSSR count). The first-order valence-electron chi connectivity index (χ1n) is 6.00. The summed E-state index contributed by atoms with van der Waals surface area (Å²) in [5, 5.41) is 14.3. The molecule has 1 aromatic heterocycles. The van der Waals surface area contributed by atoms with E-state index < -0.39 is 0 Å². The van der Waals surface area contributed by atoms with E-state index in [1.54, 1.807) is 11.8 Å². The Morgan fingerprint density at radius 1 is 1.28 bits per heavy atom. The summed E-state index contributed by atoms with van der Waals surface area (Å²) in [6.45, 7) is 4.06. The molecule has 1 aromatic carbocycles. The maximum Gasteiger partial charge on any atom is 0.212 e. The van der Waals surface area contributed by atoms with Gasteiger partial charge < -0.3 is 0 Å². The van der Waals surface area contributed by atoms with Gasteiger partial charge in [0, 0.05) is 5.56 Å². The van der Waals surface area contributed by atoms with Gasteiger partial charge in [-0.1, -0.05) is 29.5 Å². The maximum atomic E-state index is 4.74. The Labute approximate surface area is 109 Å². The van der Waals surface area contributed by atoms with E-state index in [9.17, 15) is 0 Å². The van der Waals surface area contributed by atoms with Crippen LogP contribution in [0.2, 0.25) is 0 Å². The lowest BCUT2D eigenvalue weighted by Gasteiger charge is -2.16. The molecule has 4 nitrogen and oxygen atoms in total. The molecule has 5 heteroatoms. The summed E-state index contributed by atoms with van der Waals surface area (Å²) in [5.74, 6) is 0.851. The molecule has 0 fully saturated rings. The van der Waals surface area contributed by atoms with E-state index in [-0.39, 0.29) is 0 Å². The average Bonchev–Trinajstić information content (AvgIpc) is 2.89. The SMILES string of the molecule is Cc1ccc2c(c1)C1=Nn3c(C)nnc3SC1C2. The van der Waals surface area contributed by atoms with Gasteiger partial charge in [-0.3, -0.25) is 0 Å². The van der Waals surface area contributed by atoms with E-state index in [4.69, 9.17) is 5.10 Å². The van der Waals surface area contributed by atoms with Gasteiger partial charge in [0.1, 0.15) is 0 Å². The third kappa shape index (κ3) is 1.31. The fraction of sp³-hybridized carbons (Fsp3) is 0.308. The summed E-state index contributed by atoms with van der Waals surface area (Å²) in [6.07, 6.45) is 1.05. The Morgan fingerprint density at radius 3 is 3.06 bits per heavy atom. The summed E-state index contributed by atoms with van der Waals surface area (Å²) in [4.78, 5) is 0. The molecule has 1 aliphatic carbocycles. The summed E-state index contributed by atoms with van der Waals surface area (Å²) in [7, 11) is 0. The number of aryl methyl sites for hydroxylation is 2. The lowest BCUT2D eigenvalue weighted by atomic mass is 10.1. The molecule has 0 N–H and O–H groups in total. The number of aromatic nitrogens is 3. The third-order valence-electron chi connectivity index (χ3n) is 3.47. The first-order chi connectivity index (χ1) is 8.72. The Kier molecular flexibility index (Phi) is 1.97. The Bertz CT molecular complexity index is 686. The standard InChI is InChI=1S/C13H12N4S/c1-7-3-4-9-6-11-12(10(9)5-7)16-17-8(2)14-15-13(17)18-11/h3-5,11H,6H2,1-2H3. The van der Waals surface area contributed by atoms with Crippen molar-refractivity contribution >= 4 is 17.5 Å². The molecule has 1 aliphatic heterocycles. The molecular formula is C13H12N4S. The summed E-state index contributed by atoms with van der Waals surface area (Å²) < 4.78 is 1.86. The van der Waals surface area contributed by atoms with Gasteiger partial charge in [0.05, 0.1) is 11.0 Å². The van der Waals surface area contributed by atoms with Crippen LogP contribution >= 0.6 is 11.8 Å². The van der Waals surface area contributed by atoms with Gasteiger partial charge in [0.25, 0.3) is 0 Å². The zero-order valence-corrected chi connectivity index (χ0v) is 11.0. The molecule has 0 amide bonds. The predicted molar refractivity (Wildman–Crippen MR) is 71.2 cm³/mol. The molecule has 0 spiro atoms. The number of hydrogen-bond donors (Lipinski definition) is 0. The second-order valence-corrected chi connectivity index (χ2v) is 5.97. The van der Waals surface area contributed by atoms with Crippen LogP contribution in [0.4, 0.5) is 0 Å². The third-order valence-corrected chi connectivity index (χ3v) is 4.61. The van der Waals surface area contributed by atoms with Crippen LogP contribution in [-0.2, 0) is 6.42 Å². The van der Waals surface area contributed by atoms with Crippen LogP contribution in [0.5, 0.6) is 0 Å². The fourth-order valence-corrected chi connectivity index (χ4v) is 3.72. The largest absolute Gasteiger partial charge is 0.212 e. The molecule has 0 radical (unpaired) electrons. The lowest BCUT2D eigenvalue weighted by molar-refractivity contribution is 0.727. The highest BCUT2D eigenvalue weighted by Crippen LogP contribution is 2.38. The molecule has 2 aliphatic rings. The summed E-state index contributed by atoms with van der Waals surface area (Å²) >= 11 is 1.77. The molecule has 0 bridgehead atoms. The second-order valence-electron chi connectivity index (χ2n) is 4.80. The fourth-order valence-electron chi connectivity index (χ4n) is 2.55. The molecule has 1 unspecified atom stereocenters. The number of rotatable bonds is 0. The van der Waals surface area contributed by atoms with Crippen LogP contribution in [0.25, 0.3) is 0 Å². The molecule has 0 saturated heterocycles. The zero-order valence-electron chi connectivity index (χ0n) is 10.2. The van der Waals surface area contributed by atoms with Crippen molar-refractivity contribution in [1.82, 2.24) is 14.9 Å².